The van der Waals surface area contributed by atoms with Crippen molar-refractivity contribution in [2.24, 2.45) is 0 Å². The number of nitrogens with zero attached hydrogens (tertiary/aromatic N) is 1. The van der Waals surface area contributed by atoms with E-state index >= 15 is 0 Å². The van der Waals surface area contributed by atoms with Crippen LogP contribution in [0.25, 0.3) is 6.08 Å². The molecule has 0 aliphatic carbocycles. The molecular weight excluding hydrogens is 344 g/mol. The predicted molar refractivity (Wildman–Crippen MR) is 102 cm³/mol. The SMILES string of the molecule is CCOC(=O)c1ccccc1NC(=O)/C(C#N)=C/c1ccc(OCC)cc1. The van der Waals surface area contributed by atoms with Crippen molar-refractivity contribution in [1.82, 2.24) is 0 Å². The van der Waals surface area contributed by atoms with E-state index in [-0.39, 0.29) is 23.4 Å². The summed E-state index contributed by atoms with van der Waals surface area (Å²) in [6, 6.07) is 15.4. The van der Waals surface area contributed by atoms with Crippen molar-refractivity contribution in [2.75, 3.05) is 18.5 Å². The lowest BCUT2D eigenvalue weighted by Crippen LogP contribution is -2.17. The second kappa shape index (κ2) is 9.78. The average Bonchev–Trinajstić information content (AvgIpc) is 2.68. The monoisotopic (exact) mass is 364 g/mol. The highest BCUT2D eigenvalue weighted by atomic mass is 16.5. The fourth-order valence-corrected chi connectivity index (χ4v) is 2.31. The molecular formula is C21H20N2O4. The van der Waals surface area contributed by atoms with Crippen LogP contribution in [0.1, 0.15) is 29.8 Å². The molecule has 0 atom stereocenters. The summed E-state index contributed by atoms with van der Waals surface area (Å²) >= 11 is 0. The number of rotatable bonds is 7. The maximum Gasteiger partial charge on any atom is 0.340 e. The Hall–Kier alpha value is -3.59. The van der Waals surface area contributed by atoms with Gasteiger partial charge in [0.2, 0.25) is 0 Å². The zero-order valence-electron chi connectivity index (χ0n) is 15.2. The highest BCUT2D eigenvalue weighted by molar-refractivity contribution is 6.12. The number of nitrogens with one attached hydrogen (secondary N) is 1. The van der Waals surface area contributed by atoms with Gasteiger partial charge >= 0.3 is 5.97 Å². The Kier molecular flexibility index (Phi) is 7.15. The number of benzene rings is 2. The molecule has 0 saturated carbocycles. The van der Waals surface area contributed by atoms with Gasteiger partial charge < -0.3 is 14.8 Å². The summed E-state index contributed by atoms with van der Waals surface area (Å²) in [4.78, 5) is 24.5. The van der Waals surface area contributed by atoms with Crippen LogP contribution in [0.2, 0.25) is 0 Å². The predicted octanol–water partition coefficient (Wildman–Crippen LogP) is 3.81. The number of carbonyl (C=O) groups excluding carboxylic acids is 2. The summed E-state index contributed by atoms with van der Waals surface area (Å²) in [6.45, 7) is 4.37. The molecule has 0 saturated heterocycles. The number of anilines is 1. The molecule has 27 heavy (non-hydrogen) atoms. The molecule has 2 aromatic carbocycles. The number of hydrogen-bond donors (Lipinski definition) is 1. The van der Waals surface area contributed by atoms with Gasteiger partial charge in [0.1, 0.15) is 17.4 Å². The minimum Gasteiger partial charge on any atom is -0.494 e. The Morgan fingerprint density at radius 1 is 1.07 bits per heavy atom. The lowest BCUT2D eigenvalue weighted by atomic mass is 10.1. The first-order valence-corrected chi connectivity index (χ1v) is 8.51. The smallest absolute Gasteiger partial charge is 0.340 e. The third kappa shape index (κ3) is 5.44. The zero-order valence-corrected chi connectivity index (χ0v) is 15.2. The lowest BCUT2D eigenvalue weighted by molar-refractivity contribution is -0.112. The van der Waals surface area contributed by atoms with Gasteiger partial charge in [-0.1, -0.05) is 24.3 Å². The lowest BCUT2D eigenvalue weighted by Gasteiger charge is -2.10. The van der Waals surface area contributed by atoms with Crippen LogP contribution in [0.5, 0.6) is 5.75 Å². The van der Waals surface area contributed by atoms with Crippen molar-refractivity contribution in [3.63, 3.8) is 0 Å². The van der Waals surface area contributed by atoms with Crippen molar-refractivity contribution >= 4 is 23.6 Å². The van der Waals surface area contributed by atoms with Crippen LogP contribution >= 0.6 is 0 Å². The van der Waals surface area contributed by atoms with E-state index in [0.29, 0.717) is 17.9 Å². The van der Waals surface area contributed by atoms with Crippen molar-refractivity contribution in [2.45, 2.75) is 13.8 Å². The minimum absolute atomic E-state index is 0.0854. The van der Waals surface area contributed by atoms with Gasteiger partial charge in [-0.3, -0.25) is 4.79 Å². The van der Waals surface area contributed by atoms with E-state index in [0.717, 1.165) is 0 Å². The Morgan fingerprint density at radius 2 is 1.78 bits per heavy atom. The molecule has 0 spiro atoms. The number of amides is 1. The third-order valence-corrected chi connectivity index (χ3v) is 3.54. The zero-order chi connectivity index (χ0) is 19.6. The number of carbonyl (C=O) groups is 2. The van der Waals surface area contributed by atoms with Crippen LogP contribution in [0, 0.1) is 11.3 Å². The minimum atomic E-state index is -0.608. The number of nitriles is 1. The van der Waals surface area contributed by atoms with Crippen LogP contribution in [-0.4, -0.2) is 25.1 Å². The molecule has 0 radical (unpaired) electrons. The first-order chi connectivity index (χ1) is 13.1. The van der Waals surface area contributed by atoms with Crippen LogP contribution < -0.4 is 10.1 Å². The van der Waals surface area contributed by atoms with E-state index in [1.165, 1.54) is 6.08 Å². The fraction of sp³-hybridized carbons (Fsp3) is 0.190. The molecule has 0 unspecified atom stereocenters. The highest BCUT2D eigenvalue weighted by Gasteiger charge is 2.16. The van der Waals surface area contributed by atoms with E-state index in [4.69, 9.17) is 9.47 Å². The highest BCUT2D eigenvalue weighted by Crippen LogP contribution is 2.19. The van der Waals surface area contributed by atoms with Crippen molar-refractivity contribution < 1.29 is 19.1 Å². The molecule has 138 valence electrons. The topological polar surface area (TPSA) is 88.4 Å². The van der Waals surface area contributed by atoms with E-state index < -0.39 is 11.9 Å². The van der Waals surface area contributed by atoms with Gasteiger partial charge in [-0.2, -0.15) is 5.26 Å². The largest absolute Gasteiger partial charge is 0.494 e. The Labute approximate surface area is 158 Å². The van der Waals surface area contributed by atoms with E-state index in [1.54, 1.807) is 55.5 Å². The number of ether oxygens (including phenoxy) is 2. The average molecular weight is 364 g/mol. The van der Waals surface area contributed by atoms with Crippen molar-refractivity contribution in [3.05, 3.63) is 65.2 Å². The van der Waals surface area contributed by atoms with Crippen molar-refractivity contribution in [1.29, 1.82) is 5.26 Å². The van der Waals surface area contributed by atoms with Gasteiger partial charge in [0.15, 0.2) is 0 Å². The van der Waals surface area contributed by atoms with Crippen molar-refractivity contribution in [3.8, 4) is 11.8 Å². The Bertz CT molecular complexity index is 880. The first kappa shape index (κ1) is 19.7. The van der Waals surface area contributed by atoms with Gasteiger partial charge in [-0.05, 0) is 49.8 Å². The molecule has 6 heteroatoms. The standard InChI is InChI=1S/C21H20N2O4/c1-3-26-17-11-9-15(10-12-17)13-16(14-22)20(24)23-19-8-6-5-7-18(19)21(25)27-4-2/h5-13H,3-4H2,1-2H3,(H,23,24)/b16-13+. The van der Waals surface area contributed by atoms with Crippen LogP contribution in [0.3, 0.4) is 0 Å². The van der Waals surface area contributed by atoms with E-state index in [2.05, 4.69) is 5.32 Å². The maximum atomic E-state index is 12.5. The molecule has 2 rings (SSSR count). The number of para-hydroxylation sites is 1. The first-order valence-electron chi connectivity index (χ1n) is 8.51. The van der Waals surface area contributed by atoms with Crippen LogP contribution in [0.15, 0.2) is 54.1 Å². The summed E-state index contributed by atoms with van der Waals surface area (Å²) in [5.41, 5.74) is 1.11. The molecule has 0 bridgehead atoms. The second-order valence-electron chi connectivity index (χ2n) is 5.39. The Balaban J connectivity index is 2.21. The molecule has 1 N–H and O–H groups in total. The molecule has 0 aliphatic heterocycles. The maximum absolute atomic E-state index is 12.5. The van der Waals surface area contributed by atoms with Crippen LogP contribution in [0.4, 0.5) is 5.69 Å². The molecule has 0 fully saturated rings. The summed E-state index contributed by atoms with van der Waals surface area (Å²) in [6.07, 6.45) is 1.47. The van der Waals surface area contributed by atoms with Gasteiger partial charge in [-0.15, -0.1) is 0 Å². The van der Waals surface area contributed by atoms with E-state index in [9.17, 15) is 14.9 Å². The summed E-state index contributed by atoms with van der Waals surface area (Å²) in [5.74, 6) is -0.438. The normalized spacial score (nSPS) is 10.6. The third-order valence-electron chi connectivity index (χ3n) is 3.54. The number of hydrogen-bond acceptors (Lipinski definition) is 5. The van der Waals surface area contributed by atoms with Crippen LogP contribution in [-0.2, 0) is 9.53 Å². The van der Waals surface area contributed by atoms with E-state index in [1.807, 2.05) is 13.0 Å². The summed E-state index contributed by atoms with van der Waals surface area (Å²) < 4.78 is 10.3. The van der Waals surface area contributed by atoms with Gasteiger partial charge in [0.25, 0.3) is 5.91 Å². The number of esters is 1. The van der Waals surface area contributed by atoms with Gasteiger partial charge in [-0.25, -0.2) is 4.79 Å². The fourth-order valence-electron chi connectivity index (χ4n) is 2.31. The quantitative estimate of drug-likeness (QED) is 0.458. The second-order valence-corrected chi connectivity index (χ2v) is 5.39. The molecule has 1 amide bonds. The summed E-state index contributed by atoms with van der Waals surface area (Å²) in [5, 5.41) is 11.9. The molecule has 6 nitrogen and oxygen atoms in total. The molecule has 0 aliphatic rings. The molecule has 2 aromatic rings. The van der Waals surface area contributed by atoms with Gasteiger partial charge in [0.05, 0.1) is 24.5 Å². The summed E-state index contributed by atoms with van der Waals surface area (Å²) in [7, 11) is 0. The molecule has 0 aromatic heterocycles. The Morgan fingerprint density at radius 3 is 2.41 bits per heavy atom. The van der Waals surface area contributed by atoms with Gasteiger partial charge in [0, 0.05) is 0 Å². The molecule has 0 heterocycles.